The molecular formula is C47H54N10O8. The Bertz CT molecular complexity index is 2730. The number of aromatic amines is 1. The number of ether oxygens (including phenoxy) is 2. The molecule has 2 aliphatic rings. The van der Waals surface area contributed by atoms with Gasteiger partial charge in [-0.25, -0.2) is 19.4 Å². The van der Waals surface area contributed by atoms with Crippen LogP contribution in [-0.2, 0) is 27.3 Å². The summed E-state index contributed by atoms with van der Waals surface area (Å²) >= 11 is 0. The molecule has 4 heterocycles. The van der Waals surface area contributed by atoms with Crippen molar-refractivity contribution in [3.8, 4) is 40.1 Å². The van der Waals surface area contributed by atoms with E-state index in [0.717, 1.165) is 40.1 Å². The zero-order valence-electron chi connectivity index (χ0n) is 36.7. The summed E-state index contributed by atoms with van der Waals surface area (Å²) in [6.07, 6.45) is 0.897. The summed E-state index contributed by atoms with van der Waals surface area (Å²) in [4.78, 5) is 53.8. The highest BCUT2D eigenvalue weighted by molar-refractivity contribution is 5.95. The Labute approximate surface area is 375 Å². The number of rotatable bonds is 16. The number of fused-ring (bicyclic) bond motifs is 2. The van der Waals surface area contributed by atoms with E-state index in [1.807, 2.05) is 36.9 Å². The largest absolute Gasteiger partial charge is 0.508 e. The van der Waals surface area contributed by atoms with Crippen molar-refractivity contribution in [2.24, 2.45) is 0 Å². The van der Waals surface area contributed by atoms with Gasteiger partial charge < -0.3 is 50.1 Å². The molecule has 4 aromatic carbocycles. The number of hydrogen-bond acceptors (Lipinski definition) is 14. The molecule has 0 saturated carbocycles. The summed E-state index contributed by atoms with van der Waals surface area (Å²) < 4.78 is 12.8. The van der Waals surface area contributed by atoms with E-state index in [-0.39, 0.29) is 67.0 Å². The fraction of sp³-hybridized carbons (Fsp3) is 0.362. The first-order valence-corrected chi connectivity index (χ1v) is 21.9. The number of hydrogen-bond donors (Lipinski definition) is 6. The SMILES string of the molecule is CC(=O)N1CCN(c2nc(NCCC(=O)NCCOCCOc3ccc(-n4c(-c5cc(C(C)C)c(O)cc5O)n[nH]c4=O)cc3)nc3c2CCN(c2cc(O)cc4ccccc24)C3)CC1. The second-order valence-corrected chi connectivity index (χ2v) is 16.4. The van der Waals surface area contributed by atoms with Crippen molar-refractivity contribution in [3.05, 3.63) is 100 Å². The predicted octanol–water partition coefficient (Wildman–Crippen LogP) is 4.66. The van der Waals surface area contributed by atoms with E-state index in [0.29, 0.717) is 80.7 Å². The van der Waals surface area contributed by atoms with Crippen molar-refractivity contribution < 1.29 is 34.4 Å². The van der Waals surface area contributed by atoms with Crippen LogP contribution in [0.4, 0.5) is 17.5 Å². The summed E-state index contributed by atoms with van der Waals surface area (Å²) in [5.74, 6) is 1.87. The number of aromatic hydroxyl groups is 3. The lowest BCUT2D eigenvalue weighted by Gasteiger charge is -2.38. The maximum absolute atomic E-state index is 12.8. The zero-order valence-corrected chi connectivity index (χ0v) is 36.7. The van der Waals surface area contributed by atoms with Crippen LogP contribution in [0.3, 0.4) is 0 Å². The Morgan fingerprint density at radius 1 is 0.862 bits per heavy atom. The molecule has 0 bridgehead atoms. The van der Waals surface area contributed by atoms with Crippen molar-refractivity contribution in [1.82, 2.24) is 34.9 Å². The van der Waals surface area contributed by atoms with E-state index in [9.17, 15) is 29.7 Å². The summed E-state index contributed by atoms with van der Waals surface area (Å²) in [5, 5.41) is 46.2. The Morgan fingerprint density at radius 2 is 1.65 bits per heavy atom. The number of carbonyl (C=O) groups is 2. The second-order valence-electron chi connectivity index (χ2n) is 16.4. The molecule has 6 N–H and O–H groups in total. The maximum atomic E-state index is 12.8. The standard InChI is InChI=1S/C47H54N10O8/c1-29(2)37-26-38(42(61)27-41(37)60)45-52-53-47(63)57(45)32-8-10-34(11-9-32)65-23-22-64-21-15-48-43(62)12-14-49-46-50-39-28-56(40-25-33(59)24-31-6-4-5-7-35(31)40)16-13-36(39)44(51-46)55-19-17-54(18-20-55)30(3)58/h4-11,24-27,29,59-61H,12-23,28H2,1-3H3,(H,48,62)(H,53,63)(H,49,50,51). The van der Waals surface area contributed by atoms with Gasteiger partial charge in [0, 0.05) is 87.9 Å². The van der Waals surface area contributed by atoms with Gasteiger partial charge in [-0.15, -0.1) is 0 Å². The van der Waals surface area contributed by atoms with Crippen molar-refractivity contribution in [2.75, 3.05) is 80.8 Å². The van der Waals surface area contributed by atoms with Crippen LogP contribution in [0.1, 0.15) is 49.9 Å². The summed E-state index contributed by atoms with van der Waals surface area (Å²) in [5.41, 5.74) is 3.81. The van der Waals surface area contributed by atoms with Gasteiger partial charge in [0.15, 0.2) is 5.82 Å². The van der Waals surface area contributed by atoms with E-state index in [2.05, 4.69) is 36.7 Å². The number of nitrogens with one attached hydrogen (secondary N) is 3. The minimum absolute atomic E-state index is 0.0252. The van der Waals surface area contributed by atoms with Crippen LogP contribution < -0.4 is 30.9 Å². The molecule has 340 valence electrons. The minimum Gasteiger partial charge on any atom is -0.508 e. The monoisotopic (exact) mass is 886 g/mol. The van der Waals surface area contributed by atoms with Crippen LogP contribution in [0.5, 0.6) is 23.0 Å². The fourth-order valence-corrected chi connectivity index (χ4v) is 8.33. The van der Waals surface area contributed by atoms with Gasteiger partial charge in [0.1, 0.15) is 35.4 Å². The molecule has 8 rings (SSSR count). The Morgan fingerprint density at radius 3 is 2.42 bits per heavy atom. The van der Waals surface area contributed by atoms with Crippen molar-refractivity contribution >= 4 is 40.0 Å². The Balaban J connectivity index is 0.808. The van der Waals surface area contributed by atoms with Gasteiger partial charge in [-0.3, -0.25) is 9.59 Å². The van der Waals surface area contributed by atoms with E-state index in [4.69, 9.17) is 19.4 Å². The normalized spacial score (nSPS) is 13.9. The van der Waals surface area contributed by atoms with Crippen LogP contribution in [0.15, 0.2) is 77.6 Å². The summed E-state index contributed by atoms with van der Waals surface area (Å²) in [6, 6.07) is 21.3. The first kappa shape index (κ1) is 44.3. The van der Waals surface area contributed by atoms with Crippen LogP contribution >= 0.6 is 0 Å². The quantitative estimate of drug-likeness (QED) is 0.0729. The average molecular weight is 887 g/mol. The number of amides is 2. The lowest BCUT2D eigenvalue weighted by Crippen LogP contribution is -2.49. The third-order valence-electron chi connectivity index (χ3n) is 11.7. The van der Waals surface area contributed by atoms with Gasteiger partial charge >= 0.3 is 5.69 Å². The molecule has 2 amide bonds. The lowest BCUT2D eigenvalue weighted by atomic mass is 9.98. The Hall–Kier alpha value is -7.34. The average Bonchev–Trinajstić information content (AvgIpc) is 3.68. The van der Waals surface area contributed by atoms with E-state index < -0.39 is 5.69 Å². The number of H-pyrrole nitrogens is 1. The van der Waals surface area contributed by atoms with Gasteiger partial charge in [0.05, 0.1) is 36.7 Å². The summed E-state index contributed by atoms with van der Waals surface area (Å²) in [7, 11) is 0. The van der Waals surface area contributed by atoms with Gasteiger partial charge in [-0.2, -0.15) is 10.1 Å². The molecular weight excluding hydrogens is 833 g/mol. The van der Waals surface area contributed by atoms with Crippen molar-refractivity contribution in [2.45, 2.75) is 46.1 Å². The van der Waals surface area contributed by atoms with Gasteiger partial charge in [0.25, 0.3) is 0 Å². The highest BCUT2D eigenvalue weighted by Crippen LogP contribution is 2.38. The number of aromatic nitrogens is 5. The molecule has 0 atom stereocenters. The molecule has 0 unspecified atom stereocenters. The fourth-order valence-electron chi connectivity index (χ4n) is 8.33. The Kier molecular flexibility index (Phi) is 13.3. The molecule has 6 aromatic rings. The van der Waals surface area contributed by atoms with E-state index in [1.54, 1.807) is 49.4 Å². The van der Waals surface area contributed by atoms with Gasteiger partial charge in [-0.05, 0) is 59.7 Å². The first-order chi connectivity index (χ1) is 31.4. The third kappa shape index (κ3) is 10.1. The van der Waals surface area contributed by atoms with E-state index in [1.165, 1.54) is 10.6 Å². The molecule has 0 spiro atoms. The molecule has 0 aliphatic carbocycles. The minimum atomic E-state index is -0.493. The van der Waals surface area contributed by atoms with Crippen molar-refractivity contribution in [3.63, 3.8) is 0 Å². The first-order valence-electron chi connectivity index (χ1n) is 21.9. The topological polar surface area (TPSA) is 224 Å². The molecule has 1 fully saturated rings. The molecule has 0 radical (unpaired) electrons. The summed E-state index contributed by atoms with van der Waals surface area (Å²) in [6.45, 7) is 10.6. The number of phenols is 3. The van der Waals surface area contributed by atoms with Crippen LogP contribution in [0, 0.1) is 0 Å². The molecule has 18 heteroatoms. The van der Waals surface area contributed by atoms with E-state index >= 15 is 0 Å². The zero-order chi connectivity index (χ0) is 45.6. The van der Waals surface area contributed by atoms with Crippen LogP contribution in [0.25, 0.3) is 27.8 Å². The maximum Gasteiger partial charge on any atom is 0.348 e. The molecule has 2 aromatic heterocycles. The van der Waals surface area contributed by atoms with Gasteiger partial charge in [0.2, 0.25) is 17.8 Å². The molecule has 1 saturated heterocycles. The number of piperazine rings is 1. The lowest BCUT2D eigenvalue weighted by molar-refractivity contribution is -0.129. The number of nitrogens with zero attached hydrogens (tertiary/aromatic N) is 7. The molecule has 2 aliphatic heterocycles. The van der Waals surface area contributed by atoms with Crippen LogP contribution in [0.2, 0.25) is 0 Å². The number of carbonyl (C=O) groups excluding carboxylic acids is 2. The predicted molar refractivity (Wildman–Crippen MR) is 246 cm³/mol. The van der Waals surface area contributed by atoms with Crippen LogP contribution in [-0.4, -0.2) is 122 Å². The molecule has 65 heavy (non-hydrogen) atoms. The number of benzene rings is 4. The number of anilines is 3. The number of phenolic OH excluding ortho intramolecular Hbond substituents is 3. The van der Waals surface area contributed by atoms with Crippen molar-refractivity contribution in [1.29, 1.82) is 0 Å². The second kappa shape index (κ2) is 19.6. The van der Waals surface area contributed by atoms with Gasteiger partial charge in [-0.1, -0.05) is 38.1 Å². The smallest absolute Gasteiger partial charge is 0.348 e. The highest BCUT2D eigenvalue weighted by Gasteiger charge is 2.29. The highest BCUT2D eigenvalue weighted by atomic mass is 16.5. The molecule has 18 nitrogen and oxygen atoms in total. The third-order valence-corrected chi connectivity index (χ3v) is 11.7.